The van der Waals surface area contributed by atoms with Crippen molar-refractivity contribution in [2.45, 2.75) is 18.3 Å². The molecule has 1 amide bonds. The van der Waals surface area contributed by atoms with Crippen LogP contribution in [-0.2, 0) is 10.2 Å². The van der Waals surface area contributed by atoms with Crippen molar-refractivity contribution in [3.05, 3.63) is 72.2 Å². The molecule has 0 aliphatic heterocycles. The fraction of sp³-hybridized carbons (Fsp3) is 0.167. The molecule has 5 nitrogen and oxygen atoms in total. The van der Waals surface area contributed by atoms with Crippen molar-refractivity contribution in [1.82, 2.24) is 4.98 Å². The Kier molecular flexibility index (Phi) is 4.56. The van der Waals surface area contributed by atoms with E-state index < -0.39 is 23.1 Å². The van der Waals surface area contributed by atoms with Crippen LogP contribution in [0.1, 0.15) is 18.4 Å². The number of aromatic nitrogens is 1. The number of aliphatic imine (C=N–C) groups is 1. The van der Waals surface area contributed by atoms with Crippen LogP contribution in [0.2, 0.25) is 0 Å². The van der Waals surface area contributed by atoms with Crippen LogP contribution in [0.15, 0.2) is 59.9 Å². The summed E-state index contributed by atoms with van der Waals surface area (Å²) >= 11 is 0. The van der Waals surface area contributed by atoms with Crippen LogP contribution in [-0.4, -0.2) is 16.7 Å². The van der Waals surface area contributed by atoms with Gasteiger partial charge in [0.1, 0.15) is 11.7 Å². The maximum Gasteiger partial charge on any atom is 0.258 e. The van der Waals surface area contributed by atoms with Crippen molar-refractivity contribution in [3.8, 4) is 0 Å². The zero-order chi connectivity index (χ0) is 17.9. The average Bonchev–Trinajstić information content (AvgIpc) is 3.37. The van der Waals surface area contributed by atoms with E-state index in [-0.39, 0.29) is 5.84 Å². The molecule has 3 rings (SSSR count). The van der Waals surface area contributed by atoms with Gasteiger partial charge in [-0.1, -0.05) is 18.2 Å². The molecule has 1 saturated carbocycles. The summed E-state index contributed by atoms with van der Waals surface area (Å²) in [6, 6.07) is 8.97. The van der Waals surface area contributed by atoms with Gasteiger partial charge in [-0.3, -0.25) is 4.79 Å². The highest BCUT2D eigenvalue weighted by molar-refractivity contribution is 6.04. The summed E-state index contributed by atoms with van der Waals surface area (Å²) in [5.41, 5.74) is 5.65. The van der Waals surface area contributed by atoms with Gasteiger partial charge in [0.15, 0.2) is 0 Å². The Balaban J connectivity index is 1.69. The molecule has 0 saturated heterocycles. The molecule has 128 valence electrons. The lowest BCUT2D eigenvalue weighted by Gasteiger charge is -2.12. The standard InChI is InChI=1S/C18H16F2N4O/c19-14-4-2-1-3-13(14)18(7-8-18)17(25)24-16(21)6-10-22-12-5-9-23-15(20)11-12/h1-6,9-11H,7-8H2,(H,22,23)(H2,21,24,25)/b10-6-. The van der Waals surface area contributed by atoms with Gasteiger partial charge in [0.25, 0.3) is 5.91 Å². The first-order valence-electron chi connectivity index (χ1n) is 7.69. The van der Waals surface area contributed by atoms with E-state index >= 15 is 0 Å². The van der Waals surface area contributed by atoms with Crippen molar-refractivity contribution in [2.24, 2.45) is 10.7 Å². The Hall–Kier alpha value is -3.09. The quantitative estimate of drug-likeness (QED) is 0.497. The number of rotatable bonds is 5. The van der Waals surface area contributed by atoms with Gasteiger partial charge in [0, 0.05) is 29.7 Å². The van der Waals surface area contributed by atoms with Crippen molar-refractivity contribution in [1.29, 1.82) is 0 Å². The molecule has 1 fully saturated rings. The van der Waals surface area contributed by atoms with Gasteiger partial charge in [-0.2, -0.15) is 9.38 Å². The van der Waals surface area contributed by atoms with Gasteiger partial charge in [-0.25, -0.2) is 9.37 Å². The van der Waals surface area contributed by atoms with Crippen molar-refractivity contribution in [2.75, 3.05) is 5.32 Å². The lowest BCUT2D eigenvalue weighted by atomic mass is 9.94. The summed E-state index contributed by atoms with van der Waals surface area (Å²) in [5.74, 6) is -1.51. The van der Waals surface area contributed by atoms with Gasteiger partial charge in [-0.05, 0) is 31.1 Å². The Morgan fingerprint density at radius 1 is 1.28 bits per heavy atom. The molecule has 25 heavy (non-hydrogen) atoms. The van der Waals surface area contributed by atoms with E-state index in [1.165, 1.54) is 30.6 Å². The molecule has 0 radical (unpaired) electrons. The molecule has 1 aromatic heterocycles. The third-order valence-corrected chi connectivity index (χ3v) is 4.01. The number of nitrogens with one attached hydrogen (secondary N) is 1. The normalized spacial score (nSPS) is 16.0. The highest BCUT2D eigenvalue weighted by Gasteiger charge is 2.52. The van der Waals surface area contributed by atoms with Crippen molar-refractivity contribution < 1.29 is 13.6 Å². The number of carbonyl (C=O) groups excluding carboxylic acids is 1. The second-order valence-corrected chi connectivity index (χ2v) is 5.75. The number of nitrogens with zero attached hydrogens (tertiary/aromatic N) is 2. The highest BCUT2D eigenvalue weighted by Crippen LogP contribution is 2.50. The summed E-state index contributed by atoms with van der Waals surface area (Å²) in [5, 5.41) is 2.79. The number of halogens is 2. The molecule has 0 unspecified atom stereocenters. The zero-order valence-electron chi connectivity index (χ0n) is 13.2. The zero-order valence-corrected chi connectivity index (χ0v) is 13.2. The summed E-state index contributed by atoms with van der Waals surface area (Å²) < 4.78 is 26.9. The van der Waals surface area contributed by atoms with E-state index in [0.29, 0.717) is 24.1 Å². The maximum absolute atomic E-state index is 14.0. The van der Waals surface area contributed by atoms with Crippen LogP contribution in [0.5, 0.6) is 0 Å². The predicted molar refractivity (Wildman–Crippen MR) is 90.9 cm³/mol. The third-order valence-electron chi connectivity index (χ3n) is 4.01. The summed E-state index contributed by atoms with van der Waals surface area (Å²) in [4.78, 5) is 19.7. The van der Waals surface area contributed by atoms with Crippen LogP contribution in [0.25, 0.3) is 0 Å². The van der Waals surface area contributed by atoms with Gasteiger partial charge >= 0.3 is 0 Å². The van der Waals surface area contributed by atoms with Gasteiger partial charge in [0.05, 0.1) is 5.41 Å². The van der Waals surface area contributed by atoms with Gasteiger partial charge in [-0.15, -0.1) is 0 Å². The Bertz CT molecular complexity index is 860. The molecule has 0 spiro atoms. The molecule has 0 bridgehead atoms. The smallest absolute Gasteiger partial charge is 0.258 e. The molecule has 1 aliphatic rings. The van der Waals surface area contributed by atoms with Crippen LogP contribution in [0, 0.1) is 11.8 Å². The number of nitrogens with two attached hydrogens (primary N) is 1. The van der Waals surface area contributed by atoms with Crippen LogP contribution < -0.4 is 11.1 Å². The molecule has 1 aromatic carbocycles. The fourth-order valence-corrected chi connectivity index (χ4v) is 2.55. The maximum atomic E-state index is 14.0. The minimum atomic E-state index is -0.911. The minimum Gasteiger partial charge on any atom is -0.384 e. The molecule has 7 heteroatoms. The van der Waals surface area contributed by atoms with Crippen molar-refractivity contribution >= 4 is 17.4 Å². The van der Waals surface area contributed by atoms with Gasteiger partial charge < -0.3 is 11.1 Å². The van der Waals surface area contributed by atoms with E-state index in [4.69, 9.17) is 5.73 Å². The monoisotopic (exact) mass is 342 g/mol. The van der Waals surface area contributed by atoms with E-state index in [2.05, 4.69) is 15.3 Å². The number of carbonyl (C=O) groups is 1. The molecular formula is C18H16F2N4O. The second kappa shape index (κ2) is 6.80. The Labute approximate surface area is 143 Å². The number of anilines is 1. The van der Waals surface area contributed by atoms with E-state index in [1.807, 2.05) is 0 Å². The summed E-state index contributed by atoms with van der Waals surface area (Å²) in [6.45, 7) is 0. The fourth-order valence-electron chi connectivity index (χ4n) is 2.55. The second-order valence-electron chi connectivity index (χ2n) is 5.75. The summed E-state index contributed by atoms with van der Waals surface area (Å²) in [6.07, 6.45) is 5.22. The molecular weight excluding hydrogens is 326 g/mol. The lowest BCUT2D eigenvalue weighted by molar-refractivity contribution is -0.120. The van der Waals surface area contributed by atoms with Crippen LogP contribution in [0.3, 0.4) is 0 Å². The van der Waals surface area contributed by atoms with Gasteiger partial charge in [0.2, 0.25) is 5.95 Å². The number of benzene rings is 1. The average molecular weight is 342 g/mol. The van der Waals surface area contributed by atoms with Crippen molar-refractivity contribution in [3.63, 3.8) is 0 Å². The number of pyridine rings is 1. The number of amides is 1. The summed E-state index contributed by atoms with van der Waals surface area (Å²) in [7, 11) is 0. The first-order valence-corrected chi connectivity index (χ1v) is 7.69. The topological polar surface area (TPSA) is 80.4 Å². The molecule has 3 N–H and O–H groups in total. The molecule has 2 aromatic rings. The van der Waals surface area contributed by atoms with E-state index in [9.17, 15) is 13.6 Å². The van der Waals surface area contributed by atoms with Crippen LogP contribution >= 0.6 is 0 Å². The Morgan fingerprint density at radius 2 is 2.04 bits per heavy atom. The predicted octanol–water partition coefficient (Wildman–Crippen LogP) is 2.90. The minimum absolute atomic E-state index is 0.0188. The van der Waals surface area contributed by atoms with E-state index in [1.54, 1.807) is 24.3 Å². The Morgan fingerprint density at radius 3 is 2.72 bits per heavy atom. The first kappa shape index (κ1) is 16.8. The third kappa shape index (κ3) is 3.71. The first-order chi connectivity index (χ1) is 12.0. The van der Waals surface area contributed by atoms with Crippen LogP contribution in [0.4, 0.5) is 14.5 Å². The SMILES string of the molecule is NC(/C=C\Nc1ccnc(F)c1)=NC(=O)C1(c2ccccc2F)CC1. The van der Waals surface area contributed by atoms with E-state index in [0.717, 1.165) is 0 Å². The number of amidine groups is 1. The molecule has 0 atom stereocenters. The number of hydrogen-bond acceptors (Lipinski definition) is 3. The lowest BCUT2D eigenvalue weighted by Crippen LogP contribution is -2.23. The molecule has 1 heterocycles. The number of hydrogen-bond donors (Lipinski definition) is 2. The largest absolute Gasteiger partial charge is 0.384 e. The highest BCUT2D eigenvalue weighted by atomic mass is 19.1. The molecule has 1 aliphatic carbocycles.